The summed E-state index contributed by atoms with van der Waals surface area (Å²) < 4.78 is 30.5. The molecule has 2 N–H and O–H groups in total. The Balaban J connectivity index is 1.92. The van der Waals surface area contributed by atoms with Gasteiger partial charge in [-0.3, -0.25) is 0 Å². The number of benzene rings is 1. The maximum Gasteiger partial charge on any atom is 0.227 e. The molecule has 0 saturated carbocycles. The van der Waals surface area contributed by atoms with Crippen molar-refractivity contribution in [3.05, 3.63) is 30.5 Å². The Kier molecular flexibility index (Phi) is 4.57. The van der Waals surface area contributed by atoms with Crippen LogP contribution in [0.25, 0.3) is 0 Å². The van der Waals surface area contributed by atoms with Crippen LogP contribution in [0.5, 0.6) is 5.75 Å². The lowest BCUT2D eigenvalue weighted by Crippen LogP contribution is -2.31. The third-order valence-corrected chi connectivity index (χ3v) is 5.85. The van der Waals surface area contributed by atoms with E-state index in [9.17, 15) is 8.42 Å². The van der Waals surface area contributed by atoms with Gasteiger partial charge in [0.05, 0.1) is 18.2 Å². The number of nitrogens with zero attached hydrogens (tertiary/aromatic N) is 3. The first-order valence-corrected chi connectivity index (χ1v) is 9.27. The summed E-state index contributed by atoms with van der Waals surface area (Å²) in [5.41, 5.74) is 5.93. The number of hydrogen-bond donors (Lipinski definition) is 1. The molecule has 2 aromatic rings. The SMILES string of the molecule is COc1ccc(S(=O)(=O)c2cnc(N3CCCCC3)nc2N)cc1. The minimum absolute atomic E-state index is 0.0265. The predicted molar refractivity (Wildman–Crippen MR) is 91.0 cm³/mol. The number of piperidine rings is 1. The summed E-state index contributed by atoms with van der Waals surface area (Å²) in [6.45, 7) is 1.73. The number of nitrogens with two attached hydrogens (primary N) is 1. The normalized spacial score (nSPS) is 15.3. The number of methoxy groups -OCH3 is 1. The smallest absolute Gasteiger partial charge is 0.227 e. The molecule has 7 nitrogen and oxygen atoms in total. The Morgan fingerprint density at radius 3 is 2.38 bits per heavy atom. The highest BCUT2D eigenvalue weighted by Gasteiger charge is 2.24. The van der Waals surface area contributed by atoms with E-state index in [0.29, 0.717) is 11.7 Å². The molecule has 1 fully saturated rings. The number of nitrogen functional groups attached to an aromatic ring is 1. The van der Waals surface area contributed by atoms with E-state index in [-0.39, 0.29) is 15.6 Å². The van der Waals surface area contributed by atoms with E-state index in [0.717, 1.165) is 25.9 Å². The number of rotatable bonds is 4. The van der Waals surface area contributed by atoms with Crippen LogP contribution in [0.3, 0.4) is 0 Å². The van der Waals surface area contributed by atoms with Crippen molar-refractivity contribution in [2.24, 2.45) is 0 Å². The first-order valence-electron chi connectivity index (χ1n) is 7.79. The molecule has 1 aliphatic rings. The molecule has 0 atom stereocenters. The summed E-state index contributed by atoms with van der Waals surface area (Å²) in [7, 11) is -2.24. The molecule has 1 aliphatic heterocycles. The molecule has 0 amide bonds. The average Bonchev–Trinajstić information content (AvgIpc) is 2.62. The van der Waals surface area contributed by atoms with Gasteiger partial charge in [0, 0.05) is 13.1 Å². The van der Waals surface area contributed by atoms with Gasteiger partial charge in [-0.25, -0.2) is 13.4 Å². The highest BCUT2D eigenvalue weighted by atomic mass is 32.2. The Morgan fingerprint density at radius 1 is 1.12 bits per heavy atom. The Labute approximate surface area is 141 Å². The maximum absolute atomic E-state index is 12.7. The Morgan fingerprint density at radius 2 is 1.79 bits per heavy atom. The van der Waals surface area contributed by atoms with E-state index in [4.69, 9.17) is 10.5 Å². The van der Waals surface area contributed by atoms with Crippen molar-refractivity contribution in [3.8, 4) is 5.75 Å². The van der Waals surface area contributed by atoms with Crippen molar-refractivity contribution < 1.29 is 13.2 Å². The van der Waals surface area contributed by atoms with Gasteiger partial charge in [0.2, 0.25) is 15.8 Å². The second-order valence-corrected chi connectivity index (χ2v) is 7.56. The molecule has 128 valence electrons. The summed E-state index contributed by atoms with van der Waals surface area (Å²) >= 11 is 0. The molecule has 2 heterocycles. The van der Waals surface area contributed by atoms with Gasteiger partial charge in [0.1, 0.15) is 16.5 Å². The molecule has 1 saturated heterocycles. The molecule has 0 bridgehead atoms. The fraction of sp³-hybridized carbons (Fsp3) is 0.375. The molecular formula is C16H20N4O3S. The molecule has 0 radical (unpaired) electrons. The molecule has 0 unspecified atom stereocenters. The topological polar surface area (TPSA) is 98.4 Å². The quantitative estimate of drug-likeness (QED) is 0.901. The zero-order valence-electron chi connectivity index (χ0n) is 13.5. The maximum atomic E-state index is 12.7. The molecule has 8 heteroatoms. The molecule has 1 aromatic carbocycles. The molecule has 1 aromatic heterocycles. The van der Waals surface area contributed by atoms with Crippen LogP contribution >= 0.6 is 0 Å². The van der Waals surface area contributed by atoms with Gasteiger partial charge < -0.3 is 15.4 Å². The van der Waals surface area contributed by atoms with Crippen molar-refractivity contribution in [2.45, 2.75) is 29.1 Å². The summed E-state index contributed by atoms with van der Waals surface area (Å²) in [4.78, 5) is 10.5. The lowest BCUT2D eigenvalue weighted by atomic mass is 10.1. The van der Waals surface area contributed by atoms with Crippen LogP contribution in [-0.2, 0) is 9.84 Å². The number of ether oxygens (including phenoxy) is 1. The number of aromatic nitrogens is 2. The lowest BCUT2D eigenvalue weighted by molar-refractivity contribution is 0.414. The number of anilines is 2. The van der Waals surface area contributed by atoms with Crippen LogP contribution in [0.2, 0.25) is 0 Å². The summed E-state index contributed by atoms with van der Waals surface area (Å²) in [5, 5.41) is 0. The minimum atomic E-state index is -3.77. The number of hydrogen-bond acceptors (Lipinski definition) is 7. The van der Waals surface area contributed by atoms with Gasteiger partial charge >= 0.3 is 0 Å². The van der Waals surface area contributed by atoms with Crippen molar-refractivity contribution in [2.75, 3.05) is 30.8 Å². The van der Waals surface area contributed by atoms with Gasteiger partial charge in [-0.2, -0.15) is 4.98 Å². The van der Waals surface area contributed by atoms with Crippen LogP contribution in [-0.4, -0.2) is 38.6 Å². The second kappa shape index (κ2) is 6.64. The zero-order chi connectivity index (χ0) is 17.2. The molecular weight excluding hydrogens is 328 g/mol. The van der Waals surface area contributed by atoms with Crippen molar-refractivity contribution in [1.82, 2.24) is 9.97 Å². The third kappa shape index (κ3) is 3.14. The van der Waals surface area contributed by atoms with E-state index in [1.807, 2.05) is 4.90 Å². The second-order valence-electron chi connectivity index (χ2n) is 5.65. The molecule has 0 aliphatic carbocycles. The van der Waals surface area contributed by atoms with Crippen LogP contribution in [0, 0.1) is 0 Å². The fourth-order valence-electron chi connectivity index (χ4n) is 2.71. The van der Waals surface area contributed by atoms with Crippen LogP contribution in [0.15, 0.2) is 40.3 Å². The van der Waals surface area contributed by atoms with Crippen molar-refractivity contribution >= 4 is 21.6 Å². The average molecular weight is 348 g/mol. The Hall–Kier alpha value is -2.35. The summed E-state index contributed by atoms with van der Waals surface area (Å²) in [6, 6.07) is 6.14. The molecule has 24 heavy (non-hydrogen) atoms. The first kappa shape index (κ1) is 16.5. The third-order valence-electron chi connectivity index (χ3n) is 4.07. The standard InChI is InChI=1S/C16H20N4O3S/c1-23-12-5-7-13(8-6-12)24(21,22)14-11-18-16(19-15(14)17)20-9-3-2-4-10-20/h5-8,11H,2-4,9-10H2,1H3,(H2,17,18,19). The monoisotopic (exact) mass is 348 g/mol. The largest absolute Gasteiger partial charge is 0.497 e. The minimum Gasteiger partial charge on any atom is -0.497 e. The van der Waals surface area contributed by atoms with Crippen LogP contribution in [0.4, 0.5) is 11.8 Å². The first-order chi connectivity index (χ1) is 11.5. The molecule has 0 spiro atoms. The summed E-state index contributed by atoms with van der Waals surface area (Å²) in [6.07, 6.45) is 4.64. The van der Waals surface area contributed by atoms with Gasteiger partial charge in [-0.05, 0) is 43.5 Å². The number of sulfone groups is 1. The highest BCUT2D eigenvalue weighted by Crippen LogP contribution is 2.27. The Bertz CT molecular complexity index is 816. The predicted octanol–water partition coefficient (Wildman–Crippen LogP) is 1.89. The van der Waals surface area contributed by atoms with E-state index in [2.05, 4.69) is 9.97 Å². The summed E-state index contributed by atoms with van der Waals surface area (Å²) in [5.74, 6) is 1.04. The van der Waals surface area contributed by atoms with Crippen molar-refractivity contribution in [1.29, 1.82) is 0 Å². The van der Waals surface area contributed by atoms with E-state index in [1.165, 1.54) is 31.9 Å². The van der Waals surface area contributed by atoms with E-state index < -0.39 is 9.84 Å². The van der Waals surface area contributed by atoms with E-state index >= 15 is 0 Å². The van der Waals surface area contributed by atoms with Gasteiger partial charge in [0.25, 0.3) is 0 Å². The van der Waals surface area contributed by atoms with Crippen LogP contribution in [0.1, 0.15) is 19.3 Å². The van der Waals surface area contributed by atoms with Gasteiger partial charge in [0.15, 0.2) is 0 Å². The lowest BCUT2D eigenvalue weighted by Gasteiger charge is -2.26. The zero-order valence-corrected chi connectivity index (χ0v) is 14.3. The van der Waals surface area contributed by atoms with E-state index in [1.54, 1.807) is 12.1 Å². The highest BCUT2D eigenvalue weighted by molar-refractivity contribution is 7.91. The van der Waals surface area contributed by atoms with Crippen LogP contribution < -0.4 is 15.4 Å². The van der Waals surface area contributed by atoms with Gasteiger partial charge in [-0.15, -0.1) is 0 Å². The van der Waals surface area contributed by atoms with Crippen molar-refractivity contribution in [3.63, 3.8) is 0 Å². The molecule has 3 rings (SSSR count). The van der Waals surface area contributed by atoms with Gasteiger partial charge in [-0.1, -0.05) is 0 Å². The fourth-order valence-corrected chi connectivity index (χ4v) is 3.97.